The van der Waals surface area contributed by atoms with E-state index in [2.05, 4.69) is 12.2 Å². The molecule has 2 atom stereocenters. The van der Waals surface area contributed by atoms with Gasteiger partial charge in [-0.2, -0.15) is 0 Å². The van der Waals surface area contributed by atoms with Crippen molar-refractivity contribution in [3.05, 3.63) is 22.4 Å². The van der Waals surface area contributed by atoms with Gasteiger partial charge < -0.3 is 10.2 Å². The van der Waals surface area contributed by atoms with Crippen LogP contribution >= 0.6 is 11.3 Å². The third kappa shape index (κ3) is 3.60. The van der Waals surface area contributed by atoms with E-state index in [-0.39, 0.29) is 23.8 Å². The summed E-state index contributed by atoms with van der Waals surface area (Å²) in [5.41, 5.74) is 0. The Kier molecular flexibility index (Phi) is 5.17. The molecule has 0 aliphatic carbocycles. The van der Waals surface area contributed by atoms with Crippen LogP contribution in [0.25, 0.3) is 0 Å². The summed E-state index contributed by atoms with van der Waals surface area (Å²) in [5, 5.41) is 4.93. The van der Waals surface area contributed by atoms with Crippen LogP contribution in [0.15, 0.2) is 17.5 Å². The van der Waals surface area contributed by atoms with Crippen LogP contribution in [0.2, 0.25) is 0 Å². The Morgan fingerprint density at radius 1 is 1.55 bits per heavy atom. The first-order valence-corrected chi connectivity index (χ1v) is 8.13. The number of rotatable bonds is 4. The van der Waals surface area contributed by atoms with Gasteiger partial charge in [-0.15, -0.1) is 11.3 Å². The number of hydrogen-bond acceptors (Lipinski definition) is 3. The lowest BCUT2D eigenvalue weighted by atomic mass is 9.96. The summed E-state index contributed by atoms with van der Waals surface area (Å²) < 4.78 is 0. The molecule has 1 N–H and O–H groups in total. The Hall–Kier alpha value is -1.36. The smallest absolute Gasteiger partial charge is 0.263 e. The summed E-state index contributed by atoms with van der Waals surface area (Å²) >= 11 is 1.46. The highest BCUT2D eigenvalue weighted by atomic mass is 32.1. The van der Waals surface area contributed by atoms with Crippen LogP contribution in [0.1, 0.15) is 42.8 Å². The molecule has 1 aromatic rings. The third-order valence-corrected chi connectivity index (χ3v) is 4.67. The third-order valence-electron chi connectivity index (χ3n) is 3.81. The molecule has 0 bridgehead atoms. The first kappa shape index (κ1) is 15.0. The summed E-state index contributed by atoms with van der Waals surface area (Å²) in [7, 11) is 0. The maximum atomic E-state index is 12.3. The van der Waals surface area contributed by atoms with Crippen molar-refractivity contribution in [3.8, 4) is 0 Å². The highest BCUT2D eigenvalue weighted by molar-refractivity contribution is 7.12. The Morgan fingerprint density at radius 3 is 3.00 bits per heavy atom. The molecule has 110 valence electrons. The molecule has 1 aliphatic heterocycles. The van der Waals surface area contributed by atoms with Crippen molar-refractivity contribution < 1.29 is 9.59 Å². The van der Waals surface area contributed by atoms with Crippen LogP contribution in [-0.2, 0) is 4.79 Å². The molecular formula is C15H22N2O2S. The molecule has 2 heterocycles. The van der Waals surface area contributed by atoms with Crippen LogP contribution in [0.3, 0.4) is 0 Å². The normalized spacial score (nSPS) is 20.5. The number of thiophene rings is 1. The van der Waals surface area contributed by atoms with Gasteiger partial charge in [-0.3, -0.25) is 9.59 Å². The molecule has 20 heavy (non-hydrogen) atoms. The van der Waals surface area contributed by atoms with Gasteiger partial charge in [0.05, 0.1) is 10.8 Å². The van der Waals surface area contributed by atoms with Gasteiger partial charge in [-0.1, -0.05) is 13.0 Å². The van der Waals surface area contributed by atoms with Gasteiger partial charge in [-0.25, -0.2) is 0 Å². The number of carbonyl (C=O) groups excluding carboxylic acids is 2. The first-order valence-electron chi connectivity index (χ1n) is 7.25. The van der Waals surface area contributed by atoms with Crippen molar-refractivity contribution in [3.63, 3.8) is 0 Å². The lowest BCUT2D eigenvalue weighted by Crippen LogP contribution is -2.46. The van der Waals surface area contributed by atoms with Crippen molar-refractivity contribution >= 4 is 23.2 Å². The Labute approximate surface area is 124 Å². The largest absolute Gasteiger partial charge is 0.353 e. The van der Waals surface area contributed by atoms with Gasteiger partial charge in [0.2, 0.25) is 5.91 Å². The van der Waals surface area contributed by atoms with E-state index in [1.807, 2.05) is 29.3 Å². The minimum absolute atomic E-state index is 0.0565. The maximum Gasteiger partial charge on any atom is 0.263 e. The van der Waals surface area contributed by atoms with Gasteiger partial charge in [0, 0.05) is 19.1 Å². The molecule has 0 saturated carbocycles. The summed E-state index contributed by atoms with van der Waals surface area (Å²) in [6.45, 7) is 5.36. The van der Waals surface area contributed by atoms with Crippen LogP contribution < -0.4 is 5.32 Å². The quantitative estimate of drug-likeness (QED) is 0.927. The second-order valence-corrected chi connectivity index (χ2v) is 6.33. The number of piperidine rings is 1. The molecule has 5 heteroatoms. The minimum atomic E-state index is -0.0679. The number of nitrogens with zero attached hydrogens (tertiary/aromatic N) is 1. The standard InChI is InChI=1S/C15H22N2O2S/c1-3-11(2)16-14(18)12-6-4-8-17(10-12)15(19)13-7-5-9-20-13/h5,7,9,11-12H,3-4,6,8,10H2,1-2H3,(H,16,18). The van der Waals surface area contributed by atoms with Crippen molar-refractivity contribution in [2.45, 2.75) is 39.2 Å². The van der Waals surface area contributed by atoms with Crippen molar-refractivity contribution in [2.24, 2.45) is 5.92 Å². The van der Waals surface area contributed by atoms with E-state index in [1.165, 1.54) is 11.3 Å². The zero-order valence-corrected chi connectivity index (χ0v) is 12.9. The Bertz CT molecular complexity index is 458. The molecule has 0 radical (unpaired) electrons. The number of likely N-dealkylation sites (tertiary alicyclic amines) is 1. The predicted molar refractivity (Wildman–Crippen MR) is 80.8 cm³/mol. The highest BCUT2D eigenvalue weighted by Crippen LogP contribution is 2.20. The van der Waals surface area contributed by atoms with Crippen molar-refractivity contribution in [2.75, 3.05) is 13.1 Å². The lowest BCUT2D eigenvalue weighted by molar-refractivity contribution is -0.126. The molecule has 4 nitrogen and oxygen atoms in total. The molecule has 2 amide bonds. The number of nitrogens with one attached hydrogen (secondary N) is 1. The van der Waals surface area contributed by atoms with Gasteiger partial charge >= 0.3 is 0 Å². The van der Waals surface area contributed by atoms with Crippen LogP contribution in [0.5, 0.6) is 0 Å². The van der Waals surface area contributed by atoms with Crippen molar-refractivity contribution in [1.82, 2.24) is 10.2 Å². The topological polar surface area (TPSA) is 49.4 Å². The number of amides is 2. The van der Waals surface area contributed by atoms with Gasteiger partial charge in [0.1, 0.15) is 0 Å². The van der Waals surface area contributed by atoms with E-state index in [0.29, 0.717) is 6.54 Å². The van der Waals surface area contributed by atoms with Gasteiger partial charge in [0.15, 0.2) is 0 Å². The fourth-order valence-electron chi connectivity index (χ4n) is 2.39. The van der Waals surface area contributed by atoms with E-state index < -0.39 is 0 Å². The first-order chi connectivity index (χ1) is 9.61. The zero-order chi connectivity index (χ0) is 14.5. The molecule has 1 aromatic heterocycles. The fraction of sp³-hybridized carbons (Fsp3) is 0.600. The van der Waals surface area contributed by atoms with E-state index >= 15 is 0 Å². The van der Waals surface area contributed by atoms with Crippen LogP contribution in [0, 0.1) is 5.92 Å². The maximum absolute atomic E-state index is 12.3. The molecule has 1 fully saturated rings. The van der Waals surface area contributed by atoms with E-state index in [9.17, 15) is 9.59 Å². The molecule has 1 aliphatic rings. The van der Waals surface area contributed by atoms with Crippen LogP contribution in [-0.4, -0.2) is 35.8 Å². The van der Waals surface area contributed by atoms with Gasteiger partial charge in [-0.05, 0) is 37.6 Å². The fourth-order valence-corrected chi connectivity index (χ4v) is 3.09. The van der Waals surface area contributed by atoms with Crippen molar-refractivity contribution in [1.29, 1.82) is 0 Å². The molecular weight excluding hydrogens is 272 g/mol. The average molecular weight is 294 g/mol. The molecule has 1 saturated heterocycles. The van der Waals surface area contributed by atoms with E-state index in [0.717, 1.165) is 30.7 Å². The highest BCUT2D eigenvalue weighted by Gasteiger charge is 2.29. The second-order valence-electron chi connectivity index (χ2n) is 5.39. The van der Waals surface area contributed by atoms with Crippen LogP contribution in [0.4, 0.5) is 0 Å². The van der Waals surface area contributed by atoms with E-state index in [1.54, 1.807) is 0 Å². The SMILES string of the molecule is CCC(C)NC(=O)C1CCCN(C(=O)c2cccs2)C1. The van der Waals surface area contributed by atoms with E-state index in [4.69, 9.17) is 0 Å². The molecule has 2 unspecified atom stereocenters. The predicted octanol–water partition coefficient (Wildman–Crippen LogP) is 2.52. The molecule has 0 aromatic carbocycles. The summed E-state index contributed by atoms with van der Waals surface area (Å²) in [6.07, 6.45) is 2.70. The summed E-state index contributed by atoms with van der Waals surface area (Å²) in [4.78, 5) is 27.1. The average Bonchev–Trinajstić information content (AvgIpc) is 3.00. The monoisotopic (exact) mass is 294 g/mol. The second kappa shape index (κ2) is 6.88. The molecule has 2 rings (SSSR count). The molecule has 0 spiro atoms. The van der Waals surface area contributed by atoms with Gasteiger partial charge in [0.25, 0.3) is 5.91 Å². The summed E-state index contributed by atoms with van der Waals surface area (Å²) in [5.74, 6) is 0.0748. The zero-order valence-electron chi connectivity index (χ0n) is 12.1. The lowest BCUT2D eigenvalue weighted by Gasteiger charge is -2.32. The Morgan fingerprint density at radius 2 is 2.35 bits per heavy atom. The number of carbonyl (C=O) groups is 2. The summed E-state index contributed by atoms with van der Waals surface area (Å²) in [6, 6.07) is 3.93. The Balaban J connectivity index is 1.95. The number of hydrogen-bond donors (Lipinski definition) is 1. The minimum Gasteiger partial charge on any atom is -0.353 e.